The molecular formula is C69H50N2. The molecule has 336 valence electrons. The van der Waals surface area contributed by atoms with E-state index < -0.39 is 0 Å². The molecule has 0 radical (unpaired) electrons. The predicted octanol–water partition coefficient (Wildman–Crippen LogP) is 19.4. The van der Waals surface area contributed by atoms with E-state index in [1.807, 2.05) is 0 Å². The molecule has 12 aromatic carbocycles. The number of rotatable bonds is 9. The summed E-state index contributed by atoms with van der Waals surface area (Å²) in [5.74, 6) is 0. The highest BCUT2D eigenvalue weighted by Crippen LogP contribution is 2.52. The van der Waals surface area contributed by atoms with Crippen LogP contribution in [0.15, 0.2) is 255 Å². The molecule has 71 heavy (non-hydrogen) atoms. The van der Waals surface area contributed by atoms with Crippen molar-refractivity contribution in [2.45, 2.75) is 19.3 Å². The van der Waals surface area contributed by atoms with Gasteiger partial charge in [0.25, 0.3) is 0 Å². The highest BCUT2D eigenvalue weighted by molar-refractivity contribution is 5.95. The van der Waals surface area contributed by atoms with Crippen molar-refractivity contribution < 1.29 is 0 Å². The third kappa shape index (κ3) is 7.71. The van der Waals surface area contributed by atoms with Gasteiger partial charge in [0.15, 0.2) is 0 Å². The molecule has 1 aliphatic rings. The van der Waals surface area contributed by atoms with E-state index in [-0.39, 0.29) is 5.41 Å². The van der Waals surface area contributed by atoms with Gasteiger partial charge in [0.2, 0.25) is 0 Å². The minimum absolute atomic E-state index is 0.199. The number of fused-ring (bicyclic) bond motifs is 7. The van der Waals surface area contributed by atoms with Crippen LogP contribution in [0.2, 0.25) is 0 Å². The SMILES string of the molecule is CC1(C)c2cc(-c3ccc(C=Cc4ccc(N(c5ccc6ccccc6c5)c5ccc6ccccc6c5)cc4)cc3)ccc2-c2ccc(N(c3ccc4ccccc4c3)c3ccc4ccccc4c3)cc21. The van der Waals surface area contributed by atoms with Crippen molar-refractivity contribution in [2.75, 3.05) is 9.80 Å². The van der Waals surface area contributed by atoms with Crippen molar-refractivity contribution in [1.29, 1.82) is 0 Å². The molecule has 1 aliphatic carbocycles. The van der Waals surface area contributed by atoms with E-state index in [0.29, 0.717) is 0 Å². The topological polar surface area (TPSA) is 6.48 Å². The summed E-state index contributed by atoms with van der Waals surface area (Å²) >= 11 is 0. The summed E-state index contributed by atoms with van der Waals surface area (Å²) in [5.41, 5.74) is 16.7. The second-order valence-electron chi connectivity index (χ2n) is 19.5. The normalized spacial score (nSPS) is 12.7. The Morgan fingerprint density at radius 3 is 1.01 bits per heavy atom. The van der Waals surface area contributed by atoms with E-state index in [1.165, 1.54) is 76.5 Å². The Morgan fingerprint density at radius 2 is 0.577 bits per heavy atom. The quantitative estimate of drug-likeness (QED) is 0.133. The van der Waals surface area contributed by atoms with Gasteiger partial charge in [0, 0.05) is 39.5 Å². The van der Waals surface area contributed by atoms with Gasteiger partial charge >= 0.3 is 0 Å². The van der Waals surface area contributed by atoms with Crippen LogP contribution in [0.4, 0.5) is 34.1 Å². The predicted molar refractivity (Wildman–Crippen MR) is 304 cm³/mol. The van der Waals surface area contributed by atoms with Crippen LogP contribution < -0.4 is 9.80 Å². The fourth-order valence-corrected chi connectivity index (χ4v) is 10.9. The molecule has 0 amide bonds. The fourth-order valence-electron chi connectivity index (χ4n) is 10.9. The third-order valence-electron chi connectivity index (χ3n) is 14.7. The summed E-state index contributed by atoms with van der Waals surface area (Å²) in [7, 11) is 0. The maximum absolute atomic E-state index is 2.43. The fraction of sp³-hybridized carbons (Fsp3) is 0.0435. The Kier molecular flexibility index (Phi) is 10.2. The molecule has 0 aliphatic heterocycles. The first-order valence-corrected chi connectivity index (χ1v) is 24.6. The van der Waals surface area contributed by atoms with Crippen molar-refractivity contribution in [1.82, 2.24) is 0 Å². The summed E-state index contributed by atoms with van der Waals surface area (Å²) in [6.07, 6.45) is 4.42. The number of hydrogen-bond donors (Lipinski definition) is 0. The van der Waals surface area contributed by atoms with Crippen molar-refractivity contribution in [3.63, 3.8) is 0 Å². The maximum Gasteiger partial charge on any atom is 0.0468 e. The smallest absolute Gasteiger partial charge is 0.0468 e. The highest BCUT2D eigenvalue weighted by Gasteiger charge is 2.36. The van der Waals surface area contributed by atoms with Crippen LogP contribution in [-0.4, -0.2) is 0 Å². The first-order valence-electron chi connectivity index (χ1n) is 24.6. The first-order chi connectivity index (χ1) is 34.9. The molecule has 0 bridgehead atoms. The third-order valence-corrected chi connectivity index (χ3v) is 14.7. The zero-order chi connectivity index (χ0) is 47.5. The number of hydrogen-bond acceptors (Lipinski definition) is 2. The van der Waals surface area contributed by atoms with Gasteiger partial charge in [-0.15, -0.1) is 0 Å². The Balaban J connectivity index is 0.767. The molecular weight excluding hydrogens is 857 g/mol. The molecule has 2 heteroatoms. The Morgan fingerprint density at radius 1 is 0.268 bits per heavy atom. The largest absolute Gasteiger partial charge is 0.310 e. The summed E-state index contributed by atoms with van der Waals surface area (Å²) in [5, 5.41) is 9.84. The van der Waals surface area contributed by atoms with Crippen molar-refractivity contribution >= 4 is 89.4 Å². The van der Waals surface area contributed by atoms with Gasteiger partial charge in [-0.1, -0.05) is 202 Å². The van der Waals surface area contributed by atoms with E-state index in [9.17, 15) is 0 Å². The average Bonchev–Trinajstić information content (AvgIpc) is 3.65. The van der Waals surface area contributed by atoms with Crippen molar-refractivity contribution in [2.24, 2.45) is 0 Å². The van der Waals surface area contributed by atoms with Crippen molar-refractivity contribution in [3.05, 3.63) is 277 Å². The summed E-state index contributed by atoms with van der Waals surface area (Å²) in [6.45, 7) is 4.76. The molecule has 0 saturated heterocycles. The van der Waals surface area contributed by atoms with Gasteiger partial charge in [-0.3, -0.25) is 0 Å². The van der Waals surface area contributed by atoms with Gasteiger partial charge < -0.3 is 9.80 Å². The second-order valence-corrected chi connectivity index (χ2v) is 19.5. The Hall–Kier alpha value is -8.98. The lowest BCUT2D eigenvalue weighted by atomic mass is 9.81. The summed E-state index contributed by atoms with van der Waals surface area (Å²) in [6, 6.07) is 93.4. The molecule has 0 N–H and O–H groups in total. The average molecular weight is 907 g/mol. The monoisotopic (exact) mass is 906 g/mol. The molecule has 0 unspecified atom stereocenters. The van der Waals surface area contributed by atoms with Crippen LogP contribution in [0.1, 0.15) is 36.1 Å². The van der Waals surface area contributed by atoms with Crippen molar-refractivity contribution in [3.8, 4) is 22.3 Å². The Bertz CT molecular complexity index is 3870. The summed E-state index contributed by atoms with van der Waals surface area (Å²) < 4.78 is 0. The molecule has 0 atom stereocenters. The van der Waals surface area contributed by atoms with Crippen LogP contribution in [-0.2, 0) is 5.41 Å². The molecule has 12 aromatic rings. The van der Waals surface area contributed by atoms with Crippen LogP contribution in [0.3, 0.4) is 0 Å². The zero-order valence-corrected chi connectivity index (χ0v) is 39.8. The van der Waals surface area contributed by atoms with Crippen LogP contribution in [0, 0.1) is 0 Å². The molecule has 13 rings (SSSR count). The van der Waals surface area contributed by atoms with Crippen LogP contribution in [0.25, 0.3) is 77.5 Å². The standard InChI is InChI=1S/C69H50N2/c1-69(2)67-45-58(31-39-65(67)66-40-38-64(46-68(66)69)71(62-36-29-51-13-5-9-17-56(51)43-62)63-37-30-52-14-6-10-18-57(52)44-63)53-25-21-47(22-26-53)19-20-48-23-32-59(33-24-48)70(60-34-27-49-11-3-7-15-54(49)41-60)61-35-28-50-12-4-8-16-55(50)42-61/h3-46H,1-2H3. The van der Waals surface area contributed by atoms with E-state index in [0.717, 1.165) is 45.3 Å². The van der Waals surface area contributed by atoms with Crippen LogP contribution >= 0.6 is 0 Å². The first kappa shape index (κ1) is 42.1. The van der Waals surface area contributed by atoms with E-state index in [1.54, 1.807) is 0 Å². The van der Waals surface area contributed by atoms with E-state index in [2.05, 4.69) is 291 Å². The van der Waals surface area contributed by atoms with Gasteiger partial charge in [-0.2, -0.15) is 0 Å². The molecule has 0 fully saturated rings. The van der Waals surface area contributed by atoms with E-state index in [4.69, 9.17) is 0 Å². The zero-order valence-electron chi connectivity index (χ0n) is 39.8. The van der Waals surface area contributed by atoms with E-state index >= 15 is 0 Å². The second kappa shape index (κ2) is 17.2. The van der Waals surface area contributed by atoms with Gasteiger partial charge in [-0.25, -0.2) is 0 Å². The lowest BCUT2D eigenvalue weighted by Gasteiger charge is -2.28. The summed E-state index contributed by atoms with van der Waals surface area (Å²) in [4.78, 5) is 4.78. The maximum atomic E-state index is 2.43. The van der Waals surface area contributed by atoms with Gasteiger partial charge in [-0.05, 0) is 166 Å². The minimum Gasteiger partial charge on any atom is -0.310 e. The minimum atomic E-state index is -0.199. The molecule has 2 nitrogen and oxygen atoms in total. The number of anilines is 6. The van der Waals surface area contributed by atoms with Crippen LogP contribution in [0.5, 0.6) is 0 Å². The lowest BCUT2D eigenvalue weighted by molar-refractivity contribution is 0.660. The molecule has 0 heterocycles. The Labute approximate surface area is 415 Å². The lowest BCUT2D eigenvalue weighted by Crippen LogP contribution is -2.16. The van der Waals surface area contributed by atoms with Gasteiger partial charge in [0.1, 0.15) is 0 Å². The molecule has 0 saturated carbocycles. The number of benzene rings is 12. The van der Waals surface area contributed by atoms with Gasteiger partial charge in [0.05, 0.1) is 0 Å². The molecule has 0 spiro atoms. The molecule has 0 aromatic heterocycles. The number of nitrogens with zero attached hydrogens (tertiary/aromatic N) is 2. The highest BCUT2D eigenvalue weighted by atomic mass is 15.1.